The van der Waals surface area contributed by atoms with Crippen LogP contribution >= 0.6 is 0 Å². The summed E-state index contributed by atoms with van der Waals surface area (Å²) in [4.78, 5) is 21.3. The van der Waals surface area contributed by atoms with Crippen molar-refractivity contribution in [1.29, 1.82) is 0 Å². The highest BCUT2D eigenvalue weighted by molar-refractivity contribution is 5.74. The van der Waals surface area contributed by atoms with Crippen molar-refractivity contribution in [2.24, 2.45) is 0 Å². The van der Waals surface area contributed by atoms with E-state index < -0.39 is 5.97 Å². The molecule has 0 aromatic heterocycles. The zero-order chi connectivity index (χ0) is 16.8. The molecule has 0 unspecified atom stereocenters. The minimum Gasteiger partial charge on any atom is -0.491 e. The summed E-state index contributed by atoms with van der Waals surface area (Å²) in [7, 11) is 1.31. The van der Waals surface area contributed by atoms with E-state index in [0.29, 0.717) is 51.0 Å². The smallest absolute Gasteiger partial charge is 0.331 e. The van der Waals surface area contributed by atoms with E-state index in [0.717, 1.165) is 6.29 Å². The highest BCUT2D eigenvalue weighted by Crippen LogP contribution is 2.10. The summed E-state index contributed by atoms with van der Waals surface area (Å²) >= 11 is 0. The zero-order valence-electron chi connectivity index (χ0n) is 13.2. The lowest BCUT2D eigenvalue weighted by atomic mass is 10.2. The maximum Gasteiger partial charge on any atom is 0.331 e. The average molecular weight is 326 g/mol. The Morgan fingerprint density at radius 1 is 0.913 bits per heavy atom. The molecule has 0 N–H and O–H groups in total. The summed E-state index contributed by atoms with van der Waals surface area (Å²) in [5, 5.41) is 0. The predicted molar refractivity (Wildman–Crippen MR) is 81.8 cm³/mol. The Morgan fingerprint density at radius 3 is 2.04 bits per heavy atom. The van der Waals surface area contributed by atoms with Crippen LogP contribution in [0.15, 0.2) is 24.3 Å². The summed E-state index contributed by atoms with van der Waals surface area (Å²) in [6.45, 7) is 2.40. The Morgan fingerprint density at radius 2 is 1.48 bits per heavy atom. The molecule has 1 aromatic rings. The van der Waals surface area contributed by atoms with Crippen LogP contribution in [-0.2, 0) is 23.7 Å². The molecule has 128 valence electrons. The van der Waals surface area contributed by atoms with E-state index in [-0.39, 0.29) is 6.61 Å². The van der Waals surface area contributed by atoms with Crippen molar-refractivity contribution in [2.45, 2.75) is 0 Å². The van der Waals surface area contributed by atoms with Gasteiger partial charge in [0.25, 0.3) is 0 Å². The number of benzene rings is 1. The van der Waals surface area contributed by atoms with E-state index in [4.69, 9.17) is 18.9 Å². The number of ether oxygens (including phenoxy) is 5. The molecule has 0 aliphatic rings. The standard InChI is InChI=1S/C16H22O7/c1-19-16(18)13-22-9-8-20-6-7-21-10-11-23-15-4-2-14(12-17)3-5-15/h2-5,12H,6-11,13H2,1H3. The van der Waals surface area contributed by atoms with Crippen molar-refractivity contribution in [3.63, 3.8) is 0 Å². The molecule has 0 atom stereocenters. The van der Waals surface area contributed by atoms with E-state index in [9.17, 15) is 9.59 Å². The van der Waals surface area contributed by atoms with E-state index in [1.165, 1.54) is 7.11 Å². The Bertz CT molecular complexity index is 444. The molecular formula is C16H22O7. The van der Waals surface area contributed by atoms with Crippen molar-refractivity contribution >= 4 is 12.3 Å². The van der Waals surface area contributed by atoms with Gasteiger partial charge in [-0.2, -0.15) is 0 Å². The molecule has 0 aliphatic heterocycles. The summed E-state index contributed by atoms with van der Waals surface area (Å²) in [6, 6.07) is 6.86. The van der Waals surface area contributed by atoms with E-state index >= 15 is 0 Å². The van der Waals surface area contributed by atoms with Crippen LogP contribution in [0.5, 0.6) is 5.75 Å². The Balaban J connectivity index is 1.87. The molecule has 23 heavy (non-hydrogen) atoms. The first-order valence-corrected chi connectivity index (χ1v) is 7.24. The first kappa shape index (κ1) is 19.1. The van der Waals surface area contributed by atoms with Crippen LogP contribution in [0.3, 0.4) is 0 Å². The first-order valence-electron chi connectivity index (χ1n) is 7.24. The topological polar surface area (TPSA) is 80.3 Å². The van der Waals surface area contributed by atoms with E-state index in [1.807, 2.05) is 0 Å². The molecule has 1 rings (SSSR count). The fourth-order valence-electron chi connectivity index (χ4n) is 1.52. The molecule has 0 spiro atoms. The third-order valence-electron chi connectivity index (χ3n) is 2.70. The summed E-state index contributed by atoms with van der Waals surface area (Å²) in [5.41, 5.74) is 0.612. The second-order valence-corrected chi connectivity index (χ2v) is 4.39. The van der Waals surface area contributed by atoms with E-state index in [1.54, 1.807) is 24.3 Å². The number of hydrogen-bond donors (Lipinski definition) is 0. The Hall–Kier alpha value is -1.96. The minimum atomic E-state index is -0.408. The van der Waals surface area contributed by atoms with Crippen LogP contribution in [0.25, 0.3) is 0 Å². The molecule has 7 heteroatoms. The van der Waals surface area contributed by atoms with Gasteiger partial charge in [-0.1, -0.05) is 0 Å². The second kappa shape index (κ2) is 12.6. The number of aldehydes is 1. The van der Waals surface area contributed by atoms with Gasteiger partial charge in [-0.25, -0.2) is 4.79 Å². The van der Waals surface area contributed by atoms with Crippen LogP contribution in [0.1, 0.15) is 10.4 Å². The van der Waals surface area contributed by atoms with Crippen LogP contribution in [0.4, 0.5) is 0 Å². The van der Waals surface area contributed by atoms with Crippen LogP contribution < -0.4 is 4.74 Å². The predicted octanol–water partition coefficient (Wildman–Crippen LogP) is 1.10. The molecule has 0 radical (unpaired) electrons. The maximum absolute atomic E-state index is 10.7. The zero-order valence-corrected chi connectivity index (χ0v) is 13.2. The monoisotopic (exact) mass is 326 g/mol. The fourth-order valence-corrected chi connectivity index (χ4v) is 1.52. The third kappa shape index (κ3) is 9.62. The van der Waals surface area contributed by atoms with Gasteiger partial charge in [0.2, 0.25) is 0 Å². The quantitative estimate of drug-likeness (QED) is 0.305. The van der Waals surface area contributed by atoms with Gasteiger partial charge in [-0.05, 0) is 24.3 Å². The number of methoxy groups -OCH3 is 1. The largest absolute Gasteiger partial charge is 0.491 e. The Labute approximate surface area is 135 Å². The van der Waals surface area contributed by atoms with Crippen molar-refractivity contribution < 1.29 is 33.3 Å². The van der Waals surface area contributed by atoms with Crippen molar-refractivity contribution in [3.05, 3.63) is 29.8 Å². The summed E-state index contributed by atoms with van der Waals surface area (Å²) in [6.07, 6.45) is 0.785. The lowest BCUT2D eigenvalue weighted by Gasteiger charge is -2.08. The van der Waals surface area contributed by atoms with Gasteiger partial charge in [-0.15, -0.1) is 0 Å². The summed E-state index contributed by atoms with van der Waals surface area (Å²) in [5.74, 6) is 0.285. The molecule has 0 fully saturated rings. The van der Waals surface area contributed by atoms with Crippen molar-refractivity contribution in [2.75, 3.05) is 53.4 Å². The van der Waals surface area contributed by atoms with Gasteiger partial charge in [0.05, 0.1) is 40.1 Å². The van der Waals surface area contributed by atoms with Crippen molar-refractivity contribution in [3.8, 4) is 5.75 Å². The van der Waals surface area contributed by atoms with Gasteiger partial charge >= 0.3 is 5.97 Å². The Kier molecular flexibility index (Phi) is 10.4. The number of hydrogen-bond acceptors (Lipinski definition) is 7. The van der Waals surface area contributed by atoms with Gasteiger partial charge in [-0.3, -0.25) is 4.79 Å². The fraction of sp³-hybridized carbons (Fsp3) is 0.500. The lowest BCUT2D eigenvalue weighted by molar-refractivity contribution is -0.146. The molecule has 0 saturated carbocycles. The highest BCUT2D eigenvalue weighted by atomic mass is 16.6. The second-order valence-electron chi connectivity index (χ2n) is 4.39. The molecule has 0 heterocycles. The van der Waals surface area contributed by atoms with Gasteiger partial charge in [0.15, 0.2) is 0 Å². The van der Waals surface area contributed by atoms with Crippen LogP contribution in [0.2, 0.25) is 0 Å². The van der Waals surface area contributed by atoms with Crippen LogP contribution in [0, 0.1) is 0 Å². The van der Waals surface area contributed by atoms with Gasteiger partial charge in [0.1, 0.15) is 25.2 Å². The lowest BCUT2D eigenvalue weighted by Crippen LogP contribution is -2.15. The normalized spacial score (nSPS) is 10.3. The molecule has 0 saturated heterocycles. The molecule has 0 amide bonds. The molecule has 1 aromatic carbocycles. The number of carbonyl (C=O) groups excluding carboxylic acids is 2. The number of carbonyl (C=O) groups is 2. The summed E-state index contributed by atoms with van der Waals surface area (Å²) < 4.78 is 25.5. The maximum atomic E-state index is 10.7. The van der Waals surface area contributed by atoms with Crippen LogP contribution in [-0.4, -0.2) is 65.6 Å². The molecule has 0 aliphatic carbocycles. The average Bonchev–Trinajstić information content (AvgIpc) is 2.59. The highest BCUT2D eigenvalue weighted by Gasteiger charge is 1.99. The van der Waals surface area contributed by atoms with Gasteiger partial charge < -0.3 is 23.7 Å². The van der Waals surface area contributed by atoms with E-state index in [2.05, 4.69) is 4.74 Å². The third-order valence-corrected chi connectivity index (χ3v) is 2.70. The first-order chi connectivity index (χ1) is 11.3. The minimum absolute atomic E-state index is 0.0679. The molecule has 0 bridgehead atoms. The van der Waals surface area contributed by atoms with Gasteiger partial charge in [0, 0.05) is 5.56 Å². The molecular weight excluding hydrogens is 304 g/mol. The molecule has 7 nitrogen and oxygen atoms in total. The number of esters is 1. The SMILES string of the molecule is COC(=O)COCCOCCOCCOc1ccc(C=O)cc1. The van der Waals surface area contributed by atoms with Crippen molar-refractivity contribution in [1.82, 2.24) is 0 Å². The number of rotatable bonds is 13.